The summed E-state index contributed by atoms with van der Waals surface area (Å²) in [6.45, 7) is 17.2. The molecule has 0 amide bonds. The summed E-state index contributed by atoms with van der Waals surface area (Å²) in [6.07, 6.45) is 33.5. The molecule has 3 aromatic heterocycles. The van der Waals surface area contributed by atoms with Crippen LogP contribution in [0.1, 0.15) is 163 Å². The van der Waals surface area contributed by atoms with Crippen LogP contribution in [0.15, 0.2) is 194 Å². The van der Waals surface area contributed by atoms with Gasteiger partial charge < -0.3 is 13.7 Å². The first-order chi connectivity index (χ1) is 44.8. The molecule has 0 aliphatic carbocycles. The van der Waals surface area contributed by atoms with E-state index in [1.807, 2.05) is 0 Å². The van der Waals surface area contributed by atoms with Crippen LogP contribution in [0.25, 0.3) is 136 Å². The molecule has 0 radical (unpaired) electrons. The largest absolute Gasteiger partial charge is 0.340 e. The summed E-state index contributed by atoms with van der Waals surface area (Å²) in [4.78, 5) is 0. The second-order valence-electron chi connectivity index (χ2n) is 26.1. The van der Waals surface area contributed by atoms with Crippen molar-refractivity contribution in [3.8, 4) is 0 Å². The first-order valence-corrected chi connectivity index (χ1v) is 34.7. The lowest BCUT2D eigenvalue weighted by Crippen LogP contribution is -2.10. The maximum atomic E-state index is 2.62. The van der Waals surface area contributed by atoms with Gasteiger partial charge in [0, 0.05) is 85.1 Å². The fraction of sp³-hybridized carbons (Fsp3) is 0.273. The summed E-state index contributed by atoms with van der Waals surface area (Å²) in [5, 5.41) is 13.0. The first-order valence-electron chi connectivity index (χ1n) is 34.7. The highest BCUT2D eigenvalue weighted by atomic mass is 15.0. The number of unbranched alkanes of at least 4 members (excludes halogenated alkanes) is 3. The number of para-hydroxylation sites is 2. The minimum Gasteiger partial charge on any atom is -0.340 e. The number of hydrogen-bond donors (Lipinski definition) is 0. The minimum absolute atomic E-state index is 0.626. The van der Waals surface area contributed by atoms with E-state index in [2.05, 4.69) is 298 Å². The topological polar surface area (TPSA) is 14.8 Å². The Kier molecular flexibility index (Phi) is 18.8. The Balaban J connectivity index is 0.780. The third-order valence-electron chi connectivity index (χ3n) is 20.3. The van der Waals surface area contributed by atoms with Crippen molar-refractivity contribution in [2.75, 3.05) is 0 Å². The summed E-state index contributed by atoms with van der Waals surface area (Å²) in [7, 11) is 0. The van der Waals surface area contributed by atoms with E-state index in [9.17, 15) is 0 Å². The van der Waals surface area contributed by atoms with Crippen molar-refractivity contribution in [3.63, 3.8) is 0 Å². The molecule has 0 spiro atoms. The van der Waals surface area contributed by atoms with Crippen LogP contribution in [-0.2, 0) is 19.6 Å². The van der Waals surface area contributed by atoms with Gasteiger partial charge in [-0.25, -0.2) is 0 Å². The molecule has 91 heavy (non-hydrogen) atoms. The Labute approximate surface area is 540 Å². The Morgan fingerprint density at radius 2 is 0.505 bits per heavy atom. The van der Waals surface area contributed by atoms with Crippen LogP contribution in [0.4, 0.5) is 0 Å². The Morgan fingerprint density at radius 1 is 0.253 bits per heavy atom. The number of fused-ring (bicyclic) bond motifs is 11. The Hall–Kier alpha value is -8.92. The lowest BCUT2D eigenvalue weighted by molar-refractivity contribution is 0.401. The fourth-order valence-corrected chi connectivity index (χ4v) is 14.9. The van der Waals surface area contributed by atoms with E-state index in [0.717, 1.165) is 19.6 Å². The standard InChI is InChI=1S/C88H91N3/c1-7-13-24-62(10-4)59-89-83-37-18-16-31-77(83)79-55-65(43-51-85(79)89)39-47-69-27-20-35-75-71(29-22-33-73(69)75)49-41-67-45-53-87-81(57-67)82-58-68(46-54-88(82)91(87)61-64(12-6)26-15-9-3)42-50-72-30-23-34-74-70(28-21-36-76(72)74)48-40-66-44-52-86-80(56-66)78-32-17-19-38-84(78)90(86)60-63(11-5)25-14-8-2/h16-23,27-58,62-64H,7-15,24-26,59-61H2,1-6H3/b47-39+,48-40+,49-41+,50-42+. The average molecular weight is 1190 g/mol. The van der Waals surface area contributed by atoms with E-state index in [4.69, 9.17) is 0 Å². The highest BCUT2D eigenvalue weighted by Gasteiger charge is 2.19. The molecule has 0 saturated heterocycles. The summed E-state index contributed by atoms with van der Waals surface area (Å²) >= 11 is 0. The van der Waals surface area contributed by atoms with Crippen LogP contribution in [0.2, 0.25) is 0 Å². The van der Waals surface area contributed by atoms with Crippen LogP contribution in [0, 0.1) is 17.8 Å². The normalized spacial score (nSPS) is 13.5. The van der Waals surface area contributed by atoms with Gasteiger partial charge in [-0.3, -0.25) is 0 Å². The number of hydrogen-bond acceptors (Lipinski definition) is 0. The summed E-state index contributed by atoms with van der Waals surface area (Å²) < 4.78 is 7.79. The molecule has 3 nitrogen and oxygen atoms in total. The summed E-state index contributed by atoms with van der Waals surface area (Å²) in [6, 6.07) is 73.4. The smallest absolute Gasteiger partial charge is 0.0491 e. The molecule has 0 bridgehead atoms. The molecule has 0 N–H and O–H groups in total. The molecule has 0 saturated carbocycles. The van der Waals surface area contributed by atoms with E-state index < -0.39 is 0 Å². The number of benzene rings is 10. The van der Waals surface area contributed by atoms with Gasteiger partial charge in [0.05, 0.1) is 0 Å². The maximum Gasteiger partial charge on any atom is 0.0491 e. The Bertz CT molecular complexity index is 4550. The van der Waals surface area contributed by atoms with Gasteiger partial charge in [0.25, 0.3) is 0 Å². The van der Waals surface area contributed by atoms with Gasteiger partial charge in [0.2, 0.25) is 0 Å². The predicted molar refractivity (Wildman–Crippen MR) is 402 cm³/mol. The number of rotatable bonds is 26. The van der Waals surface area contributed by atoms with Crippen molar-refractivity contribution in [2.24, 2.45) is 17.8 Å². The molecular formula is C88H91N3. The van der Waals surface area contributed by atoms with Gasteiger partial charge in [-0.2, -0.15) is 0 Å². The van der Waals surface area contributed by atoms with Gasteiger partial charge in [0.1, 0.15) is 0 Å². The van der Waals surface area contributed by atoms with Crippen LogP contribution >= 0.6 is 0 Å². The minimum atomic E-state index is 0.626. The van der Waals surface area contributed by atoms with E-state index in [-0.39, 0.29) is 0 Å². The van der Waals surface area contributed by atoms with Gasteiger partial charge >= 0.3 is 0 Å². The highest BCUT2D eigenvalue weighted by Crippen LogP contribution is 2.38. The third kappa shape index (κ3) is 12.8. The SMILES string of the molecule is CCCCC(CC)Cn1c2ccccc2c2cc(/C=C/c3cccc4c(/C=C/c5ccc6c(c5)c5cc(/C=C/c7cccc8c(/C=C/c9ccc%10c(c9)c9ccccc9n%10CC(CC)CCCC)cccc78)ccc5n6CC(CC)CCCC)cccc34)ccc21. The van der Waals surface area contributed by atoms with Crippen LogP contribution in [0.5, 0.6) is 0 Å². The Morgan fingerprint density at radius 3 is 0.780 bits per heavy atom. The first kappa shape index (κ1) is 61.0. The fourth-order valence-electron chi connectivity index (χ4n) is 14.9. The van der Waals surface area contributed by atoms with Crippen LogP contribution in [0.3, 0.4) is 0 Å². The molecular weight excluding hydrogens is 1100 g/mol. The van der Waals surface area contributed by atoms with Gasteiger partial charge in [-0.05, 0) is 164 Å². The van der Waals surface area contributed by atoms with E-state index in [1.165, 1.54) is 209 Å². The van der Waals surface area contributed by atoms with E-state index >= 15 is 0 Å². The molecule has 13 rings (SSSR count). The molecule has 3 heteroatoms. The predicted octanol–water partition coefficient (Wildman–Crippen LogP) is 25.6. The maximum absolute atomic E-state index is 2.62. The number of aromatic nitrogens is 3. The highest BCUT2D eigenvalue weighted by molar-refractivity contribution is 6.12. The summed E-state index contributed by atoms with van der Waals surface area (Å²) in [5.74, 6) is 2.00. The average Bonchev–Trinajstić information content (AvgIpc) is 1.71. The zero-order chi connectivity index (χ0) is 62.2. The molecule has 10 aromatic carbocycles. The van der Waals surface area contributed by atoms with Crippen LogP contribution in [-0.4, -0.2) is 13.7 Å². The molecule has 3 atom stereocenters. The second-order valence-corrected chi connectivity index (χ2v) is 26.1. The van der Waals surface area contributed by atoms with Crippen molar-refractivity contribution in [2.45, 2.75) is 138 Å². The third-order valence-corrected chi connectivity index (χ3v) is 20.3. The van der Waals surface area contributed by atoms with E-state index in [0.29, 0.717) is 17.8 Å². The second kappa shape index (κ2) is 28.1. The number of nitrogens with zero attached hydrogens (tertiary/aromatic N) is 3. The monoisotopic (exact) mass is 1190 g/mol. The lowest BCUT2D eigenvalue weighted by atomic mass is 9.98. The molecule has 0 aliphatic heterocycles. The zero-order valence-electron chi connectivity index (χ0n) is 54.8. The lowest BCUT2D eigenvalue weighted by Gasteiger charge is -2.17. The van der Waals surface area contributed by atoms with Gasteiger partial charge in [-0.1, -0.05) is 281 Å². The zero-order valence-corrected chi connectivity index (χ0v) is 54.8. The van der Waals surface area contributed by atoms with Crippen molar-refractivity contribution < 1.29 is 0 Å². The van der Waals surface area contributed by atoms with Crippen molar-refractivity contribution in [3.05, 3.63) is 239 Å². The molecule has 0 fully saturated rings. The molecule has 458 valence electrons. The molecule has 0 aliphatic rings. The van der Waals surface area contributed by atoms with Gasteiger partial charge in [-0.15, -0.1) is 0 Å². The molecule has 3 unspecified atom stereocenters. The van der Waals surface area contributed by atoms with E-state index in [1.54, 1.807) is 0 Å². The quantitative estimate of drug-likeness (QED) is 0.0480. The van der Waals surface area contributed by atoms with Crippen LogP contribution < -0.4 is 0 Å². The van der Waals surface area contributed by atoms with Crippen molar-refractivity contribution >= 4 is 136 Å². The van der Waals surface area contributed by atoms with Gasteiger partial charge in [0.15, 0.2) is 0 Å². The molecule has 13 aromatic rings. The summed E-state index contributed by atoms with van der Waals surface area (Å²) in [5.41, 5.74) is 17.7. The van der Waals surface area contributed by atoms with Crippen molar-refractivity contribution in [1.29, 1.82) is 0 Å². The molecule has 3 heterocycles. The van der Waals surface area contributed by atoms with Crippen molar-refractivity contribution in [1.82, 2.24) is 13.7 Å².